The lowest BCUT2D eigenvalue weighted by molar-refractivity contribution is 0.285. The number of anilines is 1. The van der Waals surface area contributed by atoms with E-state index >= 15 is 0 Å². The van der Waals surface area contributed by atoms with Gasteiger partial charge in [0.1, 0.15) is 12.4 Å². The molecule has 1 aromatic heterocycles. The van der Waals surface area contributed by atoms with Gasteiger partial charge < -0.3 is 10.1 Å². The lowest BCUT2D eigenvalue weighted by Gasteiger charge is -2.10. The summed E-state index contributed by atoms with van der Waals surface area (Å²) in [5, 5.41) is 3.10. The van der Waals surface area contributed by atoms with Crippen molar-refractivity contribution >= 4 is 5.95 Å². The van der Waals surface area contributed by atoms with Gasteiger partial charge in [-0.05, 0) is 19.4 Å². The van der Waals surface area contributed by atoms with Crippen molar-refractivity contribution in [2.24, 2.45) is 0 Å². The van der Waals surface area contributed by atoms with E-state index in [0.717, 1.165) is 18.5 Å². The Morgan fingerprint density at radius 2 is 2.10 bits per heavy atom. The zero-order valence-electron chi connectivity index (χ0n) is 11.7. The summed E-state index contributed by atoms with van der Waals surface area (Å²) in [6.45, 7) is 4.88. The molecular formula is C15H18FN3O. The number of benzene rings is 1. The van der Waals surface area contributed by atoms with Crippen molar-refractivity contribution in [1.82, 2.24) is 9.97 Å². The molecule has 0 fully saturated rings. The smallest absolute Gasteiger partial charge is 0.225 e. The summed E-state index contributed by atoms with van der Waals surface area (Å²) in [5.41, 5.74) is 1.33. The van der Waals surface area contributed by atoms with Gasteiger partial charge in [-0.1, -0.05) is 25.1 Å². The molecule has 1 heterocycles. The van der Waals surface area contributed by atoms with Crippen molar-refractivity contribution in [3.05, 3.63) is 47.4 Å². The number of aromatic nitrogens is 2. The Labute approximate surface area is 118 Å². The molecular weight excluding hydrogens is 257 g/mol. The zero-order chi connectivity index (χ0) is 14.4. The van der Waals surface area contributed by atoms with Gasteiger partial charge >= 0.3 is 0 Å². The van der Waals surface area contributed by atoms with Crippen molar-refractivity contribution in [3.63, 3.8) is 0 Å². The van der Waals surface area contributed by atoms with Crippen molar-refractivity contribution < 1.29 is 9.13 Å². The monoisotopic (exact) mass is 275 g/mol. The molecule has 0 spiro atoms. The molecule has 1 aromatic carbocycles. The Kier molecular flexibility index (Phi) is 4.87. The van der Waals surface area contributed by atoms with E-state index < -0.39 is 0 Å². The summed E-state index contributed by atoms with van der Waals surface area (Å²) in [6, 6.07) is 6.55. The standard InChI is InChI=1S/C15H18FN3O/c1-3-8-17-15-18-9-11(2)14(19-15)20-10-12-6-4-5-7-13(12)16/h4-7,9H,3,8,10H2,1-2H3,(H,17,18,19). The molecule has 0 saturated carbocycles. The van der Waals surface area contributed by atoms with E-state index in [1.807, 2.05) is 6.92 Å². The van der Waals surface area contributed by atoms with Gasteiger partial charge in [-0.25, -0.2) is 9.37 Å². The van der Waals surface area contributed by atoms with Crippen molar-refractivity contribution in [2.45, 2.75) is 26.9 Å². The van der Waals surface area contributed by atoms with Gasteiger partial charge in [0.2, 0.25) is 11.8 Å². The maximum Gasteiger partial charge on any atom is 0.225 e. The Hall–Kier alpha value is -2.17. The Morgan fingerprint density at radius 1 is 1.30 bits per heavy atom. The van der Waals surface area contributed by atoms with Crippen LogP contribution in [0.25, 0.3) is 0 Å². The first-order valence-electron chi connectivity index (χ1n) is 6.64. The van der Waals surface area contributed by atoms with Crippen LogP contribution in [-0.2, 0) is 6.61 Å². The fourth-order valence-electron chi connectivity index (χ4n) is 1.66. The Balaban J connectivity index is 2.07. The summed E-state index contributed by atoms with van der Waals surface area (Å²) in [6.07, 6.45) is 2.68. The lowest BCUT2D eigenvalue weighted by atomic mass is 10.2. The third-order valence-electron chi connectivity index (χ3n) is 2.78. The number of hydrogen-bond acceptors (Lipinski definition) is 4. The van der Waals surface area contributed by atoms with Crippen LogP contribution >= 0.6 is 0 Å². The summed E-state index contributed by atoms with van der Waals surface area (Å²) < 4.78 is 19.1. The van der Waals surface area contributed by atoms with E-state index in [4.69, 9.17) is 4.74 Å². The highest BCUT2D eigenvalue weighted by Gasteiger charge is 2.07. The molecule has 0 saturated heterocycles. The van der Waals surface area contributed by atoms with Crippen LogP contribution in [0.3, 0.4) is 0 Å². The first kappa shape index (κ1) is 14.2. The molecule has 0 radical (unpaired) electrons. The molecule has 0 aliphatic carbocycles. The summed E-state index contributed by atoms with van der Waals surface area (Å²) >= 11 is 0. The highest BCUT2D eigenvalue weighted by molar-refractivity contribution is 5.32. The van der Waals surface area contributed by atoms with Crippen LogP contribution in [0, 0.1) is 12.7 Å². The number of hydrogen-bond donors (Lipinski definition) is 1. The van der Waals surface area contributed by atoms with E-state index in [1.165, 1.54) is 6.07 Å². The molecule has 0 amide bonds. The average Bonchev–Trinajstić information content (AvgIpc) is 2.46. The third kappa shape index (κ3) is 3.66. The maximum atomic E-state index is 13.5. The second-order valence-corrected chi connectivity index (χ2v) is 4.49. The largest absolute Gasteiger partial charge is 0.472 e. The molecule has 4 nitrogen and oxygen atoms in total. The van der Waals surface area contributed by atoms with E-state index in [0.29, 0.717) is 17.4 Å². The first-order valence-corrected chi connectivity index (χ1v) is 6.64. The number of ether oxygens (including phenoxy) is 1. The molecule has 0 aliphatic rings. The second kappa shape index (κ2) is 6.84. The molecule has 0 bridgehead atoms. The van der Waals surface area contributed by atoms with Crippen LogP contribution in [0.1, 0.15) is 24.5 Å². The average molecular weight is 275 g/mol. The minimum Gasteiger partial charge on any atom is -0.472 e. The molecule has 2 rings (SSSR count). The van der Waals surface area contributed by atoms with Crippen LogP contribution < -0.4 is 10.1 Å². The molecule has 106 valence electrons. The molecule has 1 N–H and O–H groups in total. The van der Waals surface area contributed by atoms with Gasteiger partial charge in [-0.15, -0.1) is 0 Å². The molecule has 0 unspecified atom stereocenters. The fourth-order valence-corrected chi connectivity index (χ4v) is 1.66. The van der Waals surface area contributed by atoms with Crippen LogP contribution in [0.15, 0.2) is 30.5 Å². The van der Waals surface area contributed by atoms with Gasteiger partial charge in [-0.3, -0.25) is 0 Å². The normalized spacial score (nSPS) is 10.3. The quantitative estimate of drug-likeness (QED) is 0.878. The topological polar surface area (TPSA) is 47.0 Å². The minimum atomic E-state index is -0.274. The Bertz CT molecular complexity index is 575. The number of nitrogens with one attached hydrogen (secondary N) is 1. The van der Waals surface area contributed by atoms with E-state index in [2.05, 4.69) is 22.2 Å². The van der Waals surface area contributed by atoms with Gasteiger partial charge in [-0.2, -0.15) is 4.98 Å². The molecule has 0 aliphatic heterocycles. The van der Waals surface area contributed by atoms with E-state index in [9.17, 15) is 4.39 Å². The van der Waals surface area contributed by atoms with Crippen molar-refractivity contribution in [2.75, 3.05) is 11.9 Å². The minimum absolute atomic E-state index is 0.151. The Morgan fingerprint density at radius 3 is 2.85 bits per heavy atom. The maximum absolute atomic E-state index is 13.5. The van der Waals surface area contributed by atoms with Gasteiger partial charge in [0.25, 0.3) is 0 Å². The highest BCUT2D eigenvalue weighted by atomic mass is 19.1. The van der Waals surface area contributed by atoms with Gasteiger partial charge in [0, 0.05) is 23.9 Å². The molecule has 0 atom stereocenters. The summed E-state index contributed by atoms with van der Waals surface area (Å²) in [7, 11) is 0. The zero-order valence-corrected chi connectivity index (χ0v) is 11.7. The number of rotatable bonds is 6. The van der Waals surface area contributed by atoms with E-state index in [1.54, 1.807) is 24.4 Å². The first-order chi connectivity index (χ1) is 9.70. The fraction of sp³-hybridized carbons (Fsp3) is 0.333. The third-order valence-corrected chi connectivity index (χ3v) is 2.78. The molecule has 2 aromatic rings. The summed E-state index contributed by atoms with van der Waals surface area (Å²) in [4.78, 5) is 8.46. The van der Waals surface area contributed by atoms with Crippen molar-refractivity contribution in [3.8, 4) is 5.88 Å². The van der Waals surface area contributed by atoms with Crippen LogP contribution in [0.5, 0.6) is 5.88 Å². The predicted molar refractivity (Wildman–Crippen MR) is 76.3 cm³/mol. The van der Waals surface area contributed by atoms with Gasteiger partial charge in [0.05, 0.1) is 0 Å². The SMILES string of the molecule is CCCNc1ncc(C)c(OCc2ccccc2F)n1. The van der Waals surface area contributed by atoms with Crippen LogP contribution in [-0.4, -0.2) is 16.5 Å². The number of aryl methyl sites for hydroxylation is 1. The number of halogens is 1. The highest BCUT2D eigenvalue weighted by Crippen LogP contribution is 2.17. The number of nitrogens with zero attached hydrogens (tertiary/aromatic N) is 2. The predicted octanol–water partition coefficient (Wildman–Crippen LogP) is 3.33. The van der Waals surface area contributed by atoms with Crippen molar-refractivity contribution in [1.29, 1.82) is 0 Å². The van der Waals surface area contributed by atoms with Crippen LogP contribution in [0.2, 0.25) is 0 Å². The molecule has 5 heteroatoms. The second-order valence-electron chi connectivity index (χ2n) is 4.49. The molecule has 20 heavy (non-hydrogen) atoms. The van der Waals surface area contributed by atoms with E-state index in [-0.39, 0.29) is 12.4 Å². The lowest BCUT2D eigenvalue weighted by Crippen LogP contribution is -2.07. The van der Waals surface area contributed by atoms with Crippen LogP contribution in [0.4, 0.5) is 10.3 Å². The summed E-state index contributed by atoms with van der Waals surface area (Å²) in [5.74, 6) is 0.728. The van der Waals surface area contributed by atoms with Gasteiger partial charge in [0.15, 0.2) is 0 Å².